The molecule has 0 saturated heterocycles. The molecule has 7 heteroatoms. The minimum atomic E-state index is -1.41. The van der Waals surface area contributed by atoms with Crippen molar-refractivity contribution >= 4 is 30.4 Å². The fraction of sp³-hybridized carbons (Fsp3) is 0.414. The molecule has 0 atom stereocenters. The molecule has 1 aliphatic rings. The van der Waals surface area contributed by atoms with Gasteiger partial charge in [0.05, 0.1) is 12.5 Å². The summed E-state index contributed by atoms with van der Waals surface area (Å²) in [6, 6.07) is 7.68. The van der Waals surface area contributed by atoms with Crippen LogP contribution < -0.4 is 10.6 Å². The molecule has 0 fully saturated rings. The Morgan fingerprint density at radius 2 is 1.97 bits per heavy atom. The number of nitrogens with one attached hydrogen (secondary N) is 2. The molecule has 1 aromatic rings. The smallest absolute Gasteiger partial charge is 0.130 e. The van der Waals surface area contributed by atoms with Crippen molar-refractivity contribution < 1.29 is 4.39 Å². The van der Waals surface area contributed by atoms with E-state index in [0.29, 0.717) is 30.8 Å². The average molecular weight is 514 g/mol. The van der Waals surface area contributed by atoms with Crippen LogP contribution in [-0.2, 0) is 12.2 Å². The molecule has 0 spiro atoms. The molecule has 1 heterocycles. The number of hydrogen-bond donors (Lipinski definition) is 2. The first-order chi connectivity index (χ1) is 17.3. The molecule has 5 nitrogen and oxygen atoms in total. The quantitative estimate of drug-likeness (QED) is 0.125. The molecule has 0 bridgehead atoms. The summed E-state index contributed by atoms with van der Waals surface area (Å²) in [5.41, 5.74) is 3.09. The molecule has 36 heavy (non-hydrogen) atoms. The lowest BCUT2D eigenvalue weighted by Gasteiger charge is -2.17. The number of aliphatic imine (C=N–C) groups is 3. The monoisotopic (exact) mass is 513 g/mol. The maximum Gasteiger partial charge on any atom is 0.130 e. The van der Waals surface area contributed by atoms with Crippen LogP contribution in [0.4, 0.5) is 4.39 Å². The highest BCUT2D eigenvalue weighted by molar-refractivity contribution is 6.19. The molecule has 0 aliphatic carbocycles. The van der Waals surface area contributed by atoms with Crippen LogP contribution in [0.5, 0.6) is 0 Å². The minimum Gasteiger partial charge on any atom is -0.370 e. The Morgan fingerprint density at radius 1 is 1.22 bits per heavy atom. The fourth-order valence-electron chi connectivity index (χ4n) is 3.83. The van der Waals surface area contributed by atoms with E-state index in [1.54, 1.807) is 26.1 Å². The highest BCUT2D eigenvalue weighted by Crippen LogP contribution is 2.26. The van der Waals surface area contributed by atoms with Crippen molar-refractivity contribution in [1.29, 1.82) is 0 Å². The number of allylic oxidation sites excluding steroid dienone is 3. The zero-order valence-corrected chi connectivity index (χ0v) is 22.8. The molecule has 2 rings (SSSR count). The Morgan fingerprint density at radius 3 is 2.58 bits per heavy atom. The minimum absolute atomic E-state index is 0.210. The van der Waals surface area contributed by atoms with E-state index in [-0.39, 0.29) is 6.00 Å². The first kappa shape index (κ1) is 31.0. The molecule has 0 saturated carbocycles. The number of rotatable bonds is 8. The molecule has 0 amide bonds. The van der Waals surface area contributed by atoms with E-state index in [4.69, 9.17) is 16.6 Å². The Hall–Kier alpha value is -2.99. The van der Waals surface area contributed by atoms with Gasteiger partial charge in [0.25, 0.3) is 0 Å². The van der Waals surface area contributed by atoms with E-state index < -0.39 is 5.67 Å². The van der Waals surface area contributed by atoms with Crippen molar-refractivity contribution in [2.45, 2.75) is 65.1 Å². The lowest BCUT2D eigenvalue weighted by atomic mass is 9.98. The second-order valence-electron chi connectivity index (χ2n) is 8.58. The van der Waals surface area contributed by atoms with Crippen molar-refractivity contribution in [1.82, 2.24) is 10.6 Å². The predicted molar refractivity (Wildman–Crippen MR) is 156 cm³/mol. The highest BCUT2D eigenvalue weighted by atomic mass is 35.5. The van der Waals surface area contributed by atoms with Gasteiger partial charge in [-0.25, -0.2) is 9.38 Å². The van der Waals surface area contributed by atoms with E-state index in [2.05, 4.69) is 47.1 Å². The van der Waals surface area contributed by atoms with E-state index >= 15 is 0 Å². The first-order valence-electron chi connectivity index (χ1n) is 12.2. The lowest BCUT2D eigenvalue weighted by molar-refractivity contribution is 0.221. The summed E-state index contributed by atoms with van der Waals surface area (Å²) in [5, 5.41) is 6.64. The number of benzene rings is 1. The third kappa shape index (κ3) is 9.94. The summed E-state index contributed by atoms with van der Waals surface area (Å²) >= 11 is 6.09. The van der Waals surface area contributed by atoms with E-state index in [9.17, 15) is 4.39 Å². The summed E-state index contributed by atoms with van der Waals surface area (Å²) in [7, 11) is 0. The van der Waals surface area contributed by atoms with Crippen molar-refractivity contribution in [3.05, 3.63) is 83.9 Å². The van der Waals surface area contributed by atoms with Gasteiger partial charge in [0.1, 0.15) is 17.3 Å². The summed E-state index contributed by atoms with van der Waals surface area (Å²) < 4.78 is 14.4. The topological polar surface area (TPSA) is 61.1 Å². The van der Waals surface area contributed by atoms with Gasteiger partial charge in [-0.05, 0) is 76.3 Å². The maximum absolute atomic E-state index is 14.4. The van der Waals surface area contributed by atoms with Crippen LogP contribution in [0.15, 0.2) is 87.7 Å². The summed E-state index contributed by atoms with van der Waals surface area (Å²) in [4.78, 5) is 13.7. The Bertz CT molecular complexity index is 986. The zero-order chi connectivity index (χ0) is 27.0. The third-order valence-corrected chi connectivity index (χ3v) is 5.81. The van der Waals surface area contributed by atoms with Crippen LogP contribution in [0, 0.1) is 0 Å². The van der Waals surface area contributed by atoms with E-state index in [1.165, 1.54) is 0 Å². The standard InChI is InChI=1S/C27H37ClFN5.C2H4/c1-6-21-14-15-23(24(30-5)13-8-9-16-32-25(21)31-7-2)26(34-19-28)33-18-20-11-10-12-22(17-20)27(3,4)29;1-2/h6-7,10-12,17,32H,1,5,8-9,13-16,18-19H2,2-4H3,(H,33,34);1-2H2/b24-23-,25-21-,31-7-;. The van der Waals surface area contributed by atoms with Gasteiger partial charge < -0.3 is 10.6 Å². The lowest BCUT2D eigenvalue weighted by Crippen LogP contribution is -2.25. The molecule has 196 valence electrons. The predicted octanol–water partition coefficient (Wildman–Crippen LogP) is 7.37. The molecule has 2 N–H and O–H groups in total. The van der Waals surface area contributed by atoms with Crippen LogP contribution in [-0.4, -0.2) is 31.3 Å². The molecule has 0 unspecified atom stereocenters. The second kappa shape index (κ2) is 16.6. The molecular formula is C29H41ClFN5. The Kier molecular flexibility index (Phi) is 14.3. The summed E-state index contributed by atoms with van der Waals surface area (Å²) in [5.74, 6) is 1.54. The van der Waals surface area contributed by atoms with Crippen molar-refractivity contribution in [3.63, 3.8) is 0 Å². The molecule has 0 aromatic heterocycles. The van der Waals surface area contributed by atoms with Crippen molar-refractivity contribution in [3.8, 4) is 0 Å². The zero-order valence-electron chi connectivity index (χ0n) is 22.0. The van der Waals surface area contributed by atoms with Crippen LogP contribution in [0.25, 0.3) is 0 Å². The first-order valence-corrected chi connectivity index (χ1v) is 12.8. The number of amidine groups is 1. The maximum atomic E-state index is 14.4. The van der Waals surface area contributed by atoms with Crippen LogP contribution >= 0.6 is 11.6 Å². The number of hydrogen-bond acceptors (Lipinski definition) is 4. The van der Waals surface area contributed by atoms with E-state index in [1.807, 2.05) is 31.2 Å². The second-order valence-corrected chi connectivity index (χ2v) is 8.85. The highest BCUT2D eigenvalue weighted by Gasteiger charge is 2.19. The fourth-order valence-corrected chi connectivity index (χ4v) is 3.95. The normalized spacial score (nSPS) is 20.0. The van der Waals surface area contributed by atoms with Gasteiger partial charge >= 0.3 is 0 Å². The van der Waals surface area contributed by atoms with Crippen LogP contribution in [0.2, 0.25) is 0 Å². The van der Waals surface area contributed by atoms with Gasteiger partial charge in [0.2, 0.25) is 0 Å². The van der Waals surface area contributed by atoms with Gasteiger partial charge in [-0.15, -0.1) is 24.8 Å². The SMILES string of the molecule is C=C.C=C/C1=C(\N=C/C)NCCCC/C(N=C)=C(/C(=NCc2cccc(C(C)(C)F)c2)NCCl)CC1. The largest absolute Gasteiger partial charge is 0.370 e. The summed E-state index contributed by atoms with van der Waals surface area (Å²) in [6.07, 6.45) is 7.76. The number of halogens is 2. The summed E-state index contributed by atoms with van der Waals surface area (Å²) in [6.45, 7) is 20.1. The molecular weight excluding hydrogens is 473 g/mol. The van der Waals surface area contributed by atoms with Crippen LogP contribution in [0.1, 0.15) is 64.0 Å². The Labute approximate surface area is 221 Å². The van der Waals surface area contributed by atoms with Crippen LogP contribution in [0.3, 0.4) is 0 Å². The average Bonchev–Trinajstić information content (AvgIpc) is 2.91. The van der Waals surface area contributed by atoms with E-state index in [0.717, 1.165) is 54.0 Å². The van der Waals surface area contributed by atoms with Gasteiger partial charge in [-0.2, -0.15) is 0 Å². The van der Waals surface area contributed by atoms with Gasteiger partial charge in [0.15, 0.2) is 0 Å². The van der Waals surface area contributed by atoms with Crippen molar-refractivity contribution in [2.75, 3.05) is 12.5 Å². The van der Waals surface area contributed by atoms with Gasteiger partial charge in [-0.3, -0.25) is 9.98 Å². The molecule has 1 aliphatic heterocycles. The third-order valence-electron chi connectivity index (χ3n) is 5.68. The Balaban J connectivity index is 0.00000316. The number of alkyl halides is 2. The van der Waals surface area contributed by atoms with Gasteiger partial charge in [0, 0.05) is 24.0 Å². The van der Waals surface area contributed by atoms with Crippen molar-refractivity contribution in [2.24, 2.45) is 15.0 Å². The molecule has 1 aromatic carbocycles. The van der Waals surface area contributed by atoms with Gasteiger partial charge in [-0.1, -0.05) is 36.9 Å². The number of nitrogens with zero attached hydrogens (tertiary/aromatic N) is 3. The molecule has 0 radical (unpaired) electrons.